The molecule has 0 aliphatic rings. The van der Waals surface area contributed by atoms with Gasteiger partial charge in [0, 0.05) is 0 Å². The second-order valence-corrected chi connectivity index (χ2v) is 6.35. The van der Waals surface area contributed by atoms with Crippen LogP contribution in [0.5, 0.6) is 0 Å². The van der Waals surface area contributed by atoms with Crippen LogP contribution < -0.4 is 10.0 Å². The summed E-state index contributed by atoms with van der Waals surface area (Å²) in [6.45, 7) is 3.40. The van der Waals surface area contributed by atoms with Crippen molar-refractivity contribution < 1.29 is 13.2 Å². The number of urea groups is 1. The van der Waals surface area contributed by atoms with Gasteiger partial charge in [-0.05, 0) is 26.0 Å². The first-order chi connectivity index (χ1) is 10.3. The van der Waals surface area contributed by atoms with Crippen molar-refractivity contribution in [2.24, 2.45) is 0 Å². The number of rotatable bonds is 3. The summed E-state index contributed by atoms with van der Waals surface area (Å²) < 4.78 is 25.9. The number of aryl methyl sites for hydroxylation is 2. The molecule has 0 aliphatic carbocycles. The van der Waals surface area contributed by atoms with Crippen molar-refractivity contribution in [1.82, 2.24) is 19.9 Å². The Morgan fingerprint density at radius 1 is 1.14 bits per heavy atom. The fraction of sp³-hybridized carbons (Fsp3) is 0.167. The lowest BCUT2D eigenvalue weighted by Gasteiger charge is -2.09. The van der Waals surface area contributed by atoms with Crippen molar-refractivity contribution >= 4 is 33.6 Å². The third kappa shape index (κ3) is 3.68. The number of carbonyl (C=O) groups excluding carboxylic acids is 1. The topological polar surface area (TPSA) is 114 Å². The Bertz CT molecular complexity index is 825. The Morgan fingerprint density at radius 2 is 1.82 bits per heavy atom. The van der Waals surface area contributed by atoms with E-state index in [1.165, 1.54) is 18.2 Å². The van der Waals surface area contributed by atoms with Crippen LogP contribution in [0.15, 0.2) is 29.2 Å². The Hall–Kier alpha value is -2.26. The van der Waals surface area contributed by atoms with Gasteiger partial charge in [0.2, 0.25) is 0 Å². The summed E-state index contributed by atoms with van der Waals surface area (Å²) in [5.74, 6) is -0.102. The second-order valence-electron chi connectivity index (χ2n) is 4.30. The van der Waals surface area contributed by atoms with Crippen molar-refractivity contribution in [2.75, 3.05) is 5.32 Å². The Balaban J connectivity index is 2.14. The normalized spacial score (nSPS) is 11.0. The fourth-order valence-electron chi connectivity index (χ4n) is 1.48. The molecule has 0 unspecified atom stereocenters. The van der Waals surface area contributed by atoms with Gasteiger partial charge in [0.25, 0.3) is 16.0 Å². The molecule has 0 spiro atoms. The monoisotopic (exact) mass is 341 g/mol. The minimum Gasteiger partial charge on any atom is -0.274 e. The van der Waals surface area contributed by atoms with Crippen LogP contribution in [0.3, 0.4) is 0 Å². The van der Waals surface area contributed by atoms with E-state index in [1.54, 1.807) is 19.9 Å². The zero-order valence-electron chi connectivity index (χ0n) is 11.7. The van der Waals surface area contributed by atoms with Gasteiger partial charge in [-0.25, -0.2) is 22.9 Å². The number of halogens is 1. The molecule has 116 valence electrons. The van der Waals surface area contributed by atoms with Crippen LogP contribution in [0.1, 0.15) is 11.4 Å². The lowest BCUT2D eigenvalue weighted by Crippen LogP contribution is -2.35. The maximum Gasteiger partial charge on any atom is 0.335 e. The molecule has 10 heteroatoms. The van der Waals surface area contributed by atoms with Crippen LogP contribution in [0.25, 0.3) is 0 Å². The molecular weight excluding hydrogens is 330 g/mol. The lowest BCUT2D eigenvalue weighted by molar-refractivity contribution is 0.256. The first-order valence-electron chi connectivity index (χ1n) is 6.06. The van der Waals surface area contributed by atoms with E-state index in [4.69, 9.17) is 11.6 Å². The number of sulfonamides is 1. The number of anilines is 1. The smallest absolute Gasteiger partial charge is 0.274 e. The predicted molar refractivity (Wildman–Crippen MR) is 80.1 cm³/mol. The van der Waals surface area contributed by atoms with Gasteiger partial charge in [0.15, 0.2) is 0 Å². The molecule has 0 atom stereocenters. The molecule has 0 bridgehead atoms. The number of benzene rings is 1. The number of carbonyl (C=O) groups is 1. The van der Waals surface area contributed by atoms with Gasteiger partial charge in [0.1, 0.15) is 4.90 Å². The van der Waals surface area contributed by atoms with Crippen molar-refractivity contribution in [1.29, 1.82) is 0 Å². The highest BCUT2D eigenvalue weighted by atomic mass is 35.5. The predicted octanol–water partition coefficient (Wildman–Crippen LogP) is 1.65. The van der Waals surface area contributed by atoms with Gasteiger partial charge in [-0.15, -0.1) is 5.10 Å². The molecule has 1 aromatic carbocycles. The molecule has 0 radical (unpaired) electrons. The number of aromatic nitrogens is 3. The molecule has 0 saturated carbocycles. The van der Waals surface area contributed by atoms with Gasteiger partial charge < -0.3 is 0 Å². The van der Waals surface area contributed by atoms with Crippen LogP contribution in [-0.4, -0.2) is 29.6 Å². The first-order valence-corrected chi connectivity index (χ1v) is 7.92. The molecule has 1 aromatic heterocycles. The highest BCUT2D eigenvalue weighted by molar-refractivity contribution is 7.90. The largest absolute Gasteiger partial charge is 0.335 e. The average molecular weight is 342 g/mol. The molecule has 0 fully saturated rings. The highest BCUT2D eigenvalue weighted by Gasteiger charge is 2.20. The van der Waals surface area contributed by atoms with Crippen LogP contribution >= 0.6 is 11.6 Å². The summed E-state index contributed by atoms with van der Waals surface area (Å²) in [7, 11) is -4.10. The number of hydrogen-bond acceptors (Lipinski definition) is 6. The summed E-state index contributed by atoms with van der Waals surface area (Å²) in [5.41, 5.74) is 1.17. The van der Waals surface area contributed by atoms with Gasteiger partial charge >= 0.3 is 6.03 Å². The third-order valence-electron chi connectivity index (χ3n) is 2.67. The average Bonchev–Trinajstić information content (AvgIpc) is 2.42. The molecule has 2 aromatic rings. The van der Waals surface area contributed by atoms with Crippen molar-refractivity contribution in [3.63, 3.8) is 0 Å². The van der Waals surface area contributed by atoms with E-state index < -0.39 is 16.1 Å². The molecule has 2 N–H and O–H groups in total. The van der Waals surface area contributed by atoms with Crippen LogP contribution in [0, 0.1) is 13.8 Å². The molecule has 2 rings (SSSR count). The van der Waals surface area contributed by atoms with E-state index in [0.717, 1.165) is 0 Å². The number of nitrogens with one attached hydrogen (secondary N) is 2. The number of hydrogen-bond donors (Lipinski definition) is 2. The van der Waals surface area contributed by atoms with Gasteiger partial charge in [-0.3, -0.25) is 5.32 Å². The maximum absolute atomic E-state index is 12.1. The van der Waals surface area contributed by atoms with E-state index in [-0.39, 0.29) is 15.9 Å². The zero-order valence-corrected chi connectivity index (χ0v) is 13.2. The molecule has 2 amide bonds. The molecule has 22 heavy (non-hydrogen) atoms. The quantitative estimate of drug-likeness (QED) is 0.877. The lowest BCUT2D eigenvalue weighted by atomic mass is 10.4. The maximum atomic E-state index is 12.1. The summed E-state index contributed by atoms with van der Waals surface area (Å²) in [6, 6.07) is 4.76. The number of amides is 2. The van der Waals surface area contributed by atoms with Gasteiger partial charge in [0.05, 0.1) is 16.4 Å². The summed E-state index contributed by atoms with van der Waals surface area (Å²) in [6.07, 6.45) is 0. The Labute approximate surface area is 132 Å². The molecule has 0 saturated heterocycles. The summed E-state index contributed by atoms with van der Waals surface area (Å²) in [5, 5.41) is 9.63. The van der Waals surface area contributed by atoms with E-state index in [2.05, 4.69) is 20.5 Å². The van der Waals surface area contributed by atoms with Gasteiger partial charge in [-0.1, -0.05) is 23.7 Å². The zero-order chi connectivity index (χ0) is 16.3. The van der Waals surface area contributed by atoms with Crippen LogP contribution in [0.2, 0.25) is 5.02 Å². The van der Waals surface area contributed by atoms with Crippen molar-refractivity contribution in [3.8, 4) is 0 Å². The molecule has 1 heterocycles. The van der Waals surface area contributed by atoms with E-state index in [9.17, 15) is 13.2 Å². The highest BCUT2D eigenvalue weighted by Crippen LogP contribution is 2.20. The molecular formula is C12H12ClN5O3S. The van der Waals surface area contributed by atoms with Crippen LogP contribution in [0.4, 0.5) is 10.7 Å². The first kappa shape index (κ1) is 16.1. The molecule has 8 nitrogen and oxygen atoms in total. The van der Waals surface area contributed by atoms with Crippen molar-refractivity contribution in [2.45, 2.75) is 18.7 Å². The summed E-state index contributed by atoms with van der Waals surface area (Å²) >= 11 is 5.81. The SMILES string of the molecule is Cc1nnc(NC(=O)NS(=O)(=O)c2ccccc2Cl)nc1C. The van der Waals surface area contributed by atoms with Crippen molar-refractivity contribution in [3.05, 3.63) is 40.7 Å². The standard InChI is InChI=1S/C12H12ClN5O3S/c1-7-8(2)16-17-11(14-7)15-12(19)18-22(20,21)10-6-4-3-5-9(10)13/h3-6H,1-2H3,(H2,14,15,17,18,19). The van der Waals surface area contributed by atoms with Crippen LogP contribution in [-0.2, 0) is 10.0 Å². The fourth-order valence-corrected chi connectivity index (χ4v) is 2.90. The minimum atomic E-state index is -4.10. The van der Waals surface area contributed by atoms with E-state index in [1.807, 2.05) is 4.72 Å². The Morgan fingerprint density at radius 3 is 2.45 bits per heavy atom. The minimum absolute atomic E-state index is 0.00639. The Kier molecular flexibility index (Phi) is 4.57. The number of nitrogens with zero attached hydrogens (tertiary/aromatic N) is 3. The van der Waals surface area contributed by atoms with E-state index >= 15 is 0 Å². The summed E-state index contributed by atoms with van der Waals surface area (Å²) in [4.78, 5) is 15.5. The third-order valence-corrected chi connectivity index (χ3v) is 4.50. The van der Waals surface area contributed by atoms with Gasteiger partial charge in [-0.2, -0.15) is 5.10 Å². The molecule has 0 aliphatic heterocycles. The second kappa shape index (κ2) is 6.24. The van der Waals surface area contributed by atoms with E-state index in [0.29, 0.717) is 11.4 Å².